The van der Waals surface area contributed by atoms with E-state index in [0.717, 1.165) is 0 Å². The SMILES string of the molecule is N.NC(N)=O.O=P(O)(O)O.O=[N+]([O-])O. The molecule has 0 bridgehead atoms. The Labute approximate surface area is 77.1 Å². The van der Waals surface area contributed by atoms with Crippen molar-refractivity contribution in [1.82, 2.24) is 6.15 Å². The molecule has 2 amide bonds. The number of carbonyl (C=O) groups is 1. The normalized spacial score (nSPS) is 7.64. The molecule has 14 heavy (non-hydrogen) atoms. The summed E-state index contributed by atoms with van der Waals surface area (Å²) in [7, 11) is -4.64. The van der Waals surface area contributed by atoms with Crippen molar-refractivity contribution in [3.63, 3.8) is 0 Å². The number of carbonyl (C=O) groups excluding carboxylic acids is 1. The van der Waals surface area contributed by atoms with Crippen molar-refractivity contribution in [1.29, 1.82) is 0 Å². The maximum atomic E-state index is 9.00. The van der Waals surface area contributed by atoms with Gasteiger partial charge in [0.2, 0.25) is 0 Å². The molecule has 0 aromatic carbocycles. The molecule has 0 heterocycles. The Kier molecular flexibility index (Phi) is 18.9. The standard InChI is InChI=1S/CH4N2O.HNO3.H3N.H3O4P/c2*2-1(3)4;;1-5(2,3)4/h(H4,2,3,4);(H,2,3,4);1H3;(H3,1,2,3,4). The lowest BCUT2D eigenvalue weighted by atomic mass is 11.2. The minimum absolute atomic E-state index is 0. The van der Waals surface area contributed by atoms with Gasteiger partial charge in [-0.25, -0.2) is 9.36 Å². The number of primary amides is 2. The third kappa shape index (κ3) is 450. The maximum Gasteiger partial charge on any atom is 0.466 e. The molecule has 0 fully saturated rings. The second-order valence-electron chi connectivity index (χ2n) is 1.15. The van der Waals surface area contributed by atoms with E-state index in [4.69, 9.17) is 39.4 Å². The molecule has 0 aliphatic carbocycles. The second-order valence-corrected chi connectivity index (χ2v) is 2.18. The number of hydrogen-bond acceptors (Lipinski definition) is 5. The average molecular weight is 238 g/mol. The van der Waals surface area contributed by atoms with Gasteiger partial charge in [-0.3, -0.25) is 0 Å². The van der Waals surface area contributed by atoms with E-state index in [1.54, 1.807) is 0 Å². The quantitative estimate of drug-likeness (QED) is 0.138. The molecule has 0 aliphatic heterocycles. The molecular weight excluding hydrogens is 227 g/mol. The number of nitrogens with two attached hydrogens (primary N) is 2. The van der Waals surface area contributed by atoms with E-state index in [2.05, 4.69) is 11.5 Å². The molecule has 88 valence electrons. The molecule has 12 nitrogen and oxygen atoms in total. The van der Waals surface area contributed by atoms with E-state index >= 15 is 0 Å². The lowest BCUT2D eigenvalue weighted by Gasteiger charge is -1.82. The molecule has 0 rings (SSSR count). The van der Waals surface area contributed by atoms with E-state index in [1.165, 1.54) is 0 Å². The van der Waals surface area contributed by atoms with Gasteiger partial charge in [0.1, 0.15) is 0 Å². The zero-order valence-corrected chi connectivity index (χ0v) is 7.57. The fraction of sp³-hybridized carbons (Fsp3) is 0. The molecule has 0 aliphatic rings. The minimum atomic E-state index is -4.64. The number of urea groups is 1. The smallest absolute Gasteiger partial charge is 0.352 e. The fourth-order valence-electron chi connectivity index (χ4n) is 0. The number of nitrogens with zero attached hydrogens (tertiary/aromatic N) is 1. The van der Waals surface area contributed by atoms with Crippen LogP contribution in [0.25, 0.3) is 0 Å². The van der Waals surface area contributed by atoms with E-state index in [9.17, 15) is 0 Å². The highest BCUT2D eigenvalue weighted by Gasteiger charge is 2.00. The van der Waals surface area contributed by atoms with Crippen LogP contribution in [-0.2, 0) is 4.57 Å². The predicted molar refractivity (Wildman–Crippen MR) is 41.8 cm³/mol. The maximum absolute atomic E-state index is 9.00. The van der Waals surface area contributed by atoms with Crippen LogP contribution in [0.5, 0.6) is 0 Å². The third-order valence-electron chi connectivity index (χ3n) is 0. The molecular formula is CH11N4O8P. The van der Waals surface area contributed by atoms with Gasteiger partial charge in [0.05, 0.1) is 0 Å². The summed E-state index contributed by atoms with van der Waals surface area (Å²) < 4.78 is 8.88. The molecule has 0 saturated heterocycles. The van der Waals surface area contributed by atoms with Crippen molar-refractivity contribution >= 4 is 13.9 Å². The number of rotatable bonds is 0. The van der Waals surface area contributed by atoms with Crippen LogP contribution in [0.2, 0.25) is 0 Å². The Bertz CT molecular complexity index is 169. The summed E-state index contributed by atoms with van der Waals surface area (Å²) in [6.45, 7) is 0. The number of phosphoric acid groups is 1. The highest BCUT2D eigenvalue weighted by atomic mass is 31.2. The Hall–Kier alpha value is -1.46. The van der Waals surface area contributed by atoms with Crippen LogP contribution in [0.4, 0.5) is 4.79 Å². The molecule has 0 saturated carbocycles. The van der Waals surface area contributed by atoms with E-state index < -0.39 is 18.9 Å². The van der Waals surface area contributed by atoms with Gasteiger partial charge in [0.15, 0.2) is 0 Å². The third-order valence-corrected chi connectivity index (χ3v) is 0. The first-order valence-electron chi connectivity index (χ1n) is 2.13. The molecule has 0 unspecified atom stereocenters. The van der Waals surface area contributed by atoms with Crippen LogP contribution < -0.4 is 17.6 Å². The van der Waals surface area contributed by atoms with Gasteiger partial charge >= 0.3 is 13.9 Å². The largest absolute Gasteiger partial charge is 0.466 e. The predicted octanol–water partition coefficient (Wildman–Crippen LogP) is -2.09. The van der Waals surface area contributed by atoms with Crippen LogP contribution in [0, 0.1) is 10.1 Å². The van der Waals surface area contributed by atoms with Crippen molar-refractivity contribution in [2.45, 2.75) is 0 Å². The first-order chi connectivity index (χ1) is 5.46. The van der Waals surface area contributed by atoms with Crippen molar-refractivity contribution in [2.75, 3.05) is 0 Å². The van der Waals surface area contributed by atoms with E-state index in [-0.39, 0.29) is 6.15 Å². The van der Waals surface area contributed by atoms with Crippen molar-refractivity contribution < 1.29 is 34.3 Å². The average Bonchev–Trinajstić information content (AvgIpc) is 1.50. The highest BCUT2D eigenvalue weighted by Crippen LogP contribution is 2.25. The molecule has 0 spiro atoms. The summed E-state index contributed by atoms with van der Waals surface area (Å²) in [5.74, 6) is 0. The van der Waals surface area contributed by atoms with Crippen LogP contribution in [0.15, 0.2) is 0 Å². The van der Waals surface area contributed by atoms with Crippen LogP contribution in [0.3, 0.4) is 0 Å². The Balaban J connectivity index is -0.0000000522. The zero-order valence-electron chi connectivity index (χ0n) is 6.68. The van der Waals surface area contributed by atoms with Gasteiger partial charge in [-0.1, -0.05) is 0 Å². The summed E-state index contributed by atoms with van der Waals surface area (Å²) in [6.07, 6.45) is 0. The van der Waals surface area contributed by atoms with E-state index in [0.29, 0.717) is 0 Å². The van der Waals surface area contributed by atoms with Crippen molar-refractivity contribution in [2.24, 2.45) is 11.5 Å². The summed E-state index contributed by atoms with van der Waals surface area (Å²) in [4.78, 5) is 38.9. The van der Waals surface area contributed by atoms with Crippen LogP contribution in [0.1, 0.15) is 0 Å². The molecule has 13 heteroatoms. The Morgan fingerprint density at radius 2 is 1.29 bits per heavy atom. The van der Waals surface area contributed by atoms with Gasteiger partial charge in [0.25, 0.3) is 5.09 Å². The van der Waals surface area contributed by atoms with Gasteiger partial charge in [-0.05, 0) is 0 Å². The van der Waals surface area contributed by atoms with Gasteiger partial charge in [-0.2, -0.15) is 0 Å². The van der Waals surface area contributed by atoms with Crippen LogP contribution in [-0.4, -0.2) is 31.0 Å². The van der Waals surface area contributed by atoms with Crippen LogP contribution >= 0.6 is 7.82 Å². The molecule has 0 aromatic heterocycles. The Morgan fingerprint density at radius 1 is 1.29 bits per heavy atom. The first-order valence-corrected chi connectivity index (χ1v) is 3.69. The lowest BCUT2D eigenvalue weighted by Crippen LogP contribution is -2.18. The molecule has 11 N–H and O–H groups in total. The summed E-state index contributed by atoms with van der Waals surface area (Å²) in [5.41, 5.74) is 8.50. The Morgan fingerprint density at radius 3 is 1.29 bits per heavy atom. The van der Waals surface area contributed by atoms with Crippen molar-refractivity contribution in [3.8, 4) is 0 Å². The van der Waals surface area contributed by atoms with Crippen molar-refractivity contribution in [3.05, 3.63) is 10.1 Å². The number of amides is 2. The number of hydrogen-bond donors (Lipinski definition) is 7. The fourth-order valence-corrected chi connectivity index (χ4v) is 0. The first kappa shape index (κ1) is 22.9. The van der Waals surface area contributed by atoms with Gasteiger partial charge in [-0.15, -0.1) is 10.1 Å². The lowest BCUT2D eigenvalue weighted by molar-refractivity contribution is -0.742. The highest BCUT2D eigenvalue weighted by molar-refractivity contribution is 7.45. The minimum Gasteiger partial charge on any atom is -0.352 e. The monoisotopic (exact) mass is 238 g/mol. The summed E-state index contributed by atoms with van der Waals surface area (Å²) >= 11 is 0. The van der Waals surface area contributed by atoms with E-state index in [1.807, 2.05) is 0 Å². The summed E-state index contributed by atoms with van der Waals surface area (Å²) in [6, 6.07) is -0.833. The molecule has 0 aromatic rings. The van der Waals surface area contributed by atoms with Gasteiger partial charge in [0, 0.05) is 0 Å². The second kappa shape index (κ2) is 11.5. The topological polar surface area (TPSA) is 245 Å². The zero-order chi connectivity index (χ0) is 11.7. The summed E-state index contributed by atoms with van der Waals surface area (Å²) in [5, 5.41) is 13.6. The molecule has 0 atom stereocenters. The van der Waals surface area contributed by atoms with Gasteiger partial charge < -0.3 is 37.5 Å². The molecule has 0 radical (unpaired) electrons.